The molecule has 0 aromatic carbocycles. The Morgan fingerprint density at radius 3 is 1.50 bits per heavy atom. The van der Waals surface area contributed by atoms with Crippen molar-refractivity contribution in [3.05, 3.63) is 0 Å². The second-order valence-electron chi connectivity index (χ2n) is 4.29. The summed E-state index contributed by atoms with van der Waals surface area (Å²) in [5, 5.41) is 0. The number of hydrogen-bond acceptors (Lipinski definition) is 0. The first-order chi connectivity index (χ1) is 6.91. The van der Waals surface area contributed by atoms with Crippen LogP contribution in [0.5, 0.6) is 0 Å². The van der Waals surface area contributed by atoms with Crippen LogP contribution in [0.3, 0.4) is 0 Å². The third-order valence-electron chi connectivity index (χ3n) is 2.78. The molecule has 0 atom stereocenters. The van der Waals surface area contributed by atoms with Gasteiger partial charge >= 0.3 is 102 Å². The second-order valence-corrected chi connectivity index (χ2v) is 7.73. The quantitative estimate of drug-likeness (QED) is 0.369. The van der Waals surface area contributed by atoms with Gasteiger partial charge < -0.3 is 0 Å². The van der Waals surface area contributed by atoms with Gasteiger partial charge in [0, 0.05) is 0 Å². The first-order valence-corrected chi connectivity index (χ1v) is 11.4. The van der Waals surface area contributed by atoms with Crippen molar-refractivity contribution in [2.75, 3.05) is 0 Å². The van der Waals surface area contributed by atoms with E-state index in [0.717, 1.165) is 0 Å². The van der Waals surface area contributed by atoms with Crippen molar-refractivity contribution in [1.82, 2.24) is 0 Å². The maximum absolute atomic E-state index is 2.46. The molecule has 2 radical (unpaired) electrons. The zero-order valence-electron chi connectivity index (χ0n) is 10.3. The molecule has 0 fully saturated rings. The van der Waals surface area contributed by atoms with Crippen LogP contribution in [-0.2, 0) is 0 Å². The molecule has 0 bridgehead atoms. The van der Waals surface area contributed by atoms with Crippen molar-refractivity contribution in [2.45, 2.75) is 80.5 Å². The Morgan fingerprint density at radius 1 is 0.643 bits per heavy atom. The molecule has 0 saturated carbocycles. The minimum absolute atomic E-state index is 0.134. The third-order valence-corrected chi connectivity index (χ3v) is 5.22. The van der Waals surface area contributed by atoms with Gasteiger partial charge in [0.2, 0.25) is 0 Å². The van der Waals surface area contributed by atoms with Gasteiger partial charge in [-0.05, 0) is 0 Å². The van der Waals surface area contributed by atoms with E-state index in [-0.39, 0.29) is 21.1 Å². The van der Waals surface area contributed by atoms with E-state index in [4.69, 9.17) is 0 Å². The molecule has 0 saturated heterocycles. The molecule has 0 spiro atoms. The average Bonchev–Trinajstić information content (AvgIpc) is 2.21. The van der Waals surface area contributed by atoms with E-state index in [2.05, 4.69) is 11.9 Å². The molecule has 1 heteroatoms. The monoisotopic (exact) mass is 304 g/mol. The van der Waals surface area contributed by atoms with Crippen LogP contribution < -0.4 is 0 Å². The van der Waals surface area contributed by atoms with E-state index < -0.39 is 0 Å². The van der Waals surface area contributed by atoms with Gasteiger partial charge in [-0.15, -0.1) is 0 Å². The minimum atomic E-state index is 0.134. The summed E-state index contributed by atoms with van der Waals surface area (Å²) in [4.78, 5) is 2.46. The first kappa shape index (κ1) is 14.8. The van der Waals surface area contributed by atoms with Gasteiger partial charge in [0.15, 0.2) is 0 Å². The Hall–Kier alpha value is 0.799. The van der Waals surface area contributed by atoms with Crippen molar-refractivity contribution < 1.29 is 0 Å². The summed E-state index contributed by atoms with van der Waals surface area (Å²) in [5.74, 6) is 0. The van der Waals surface area contributed by atoms with Crippen LogP contribution in [0.4, 0.5) is 0 Å². The van der Waals surface area contributed by atoms with Crippen molar-refractivity contribution in [3.63, 3.8) is 0 Å². The summed E-state index contributed by atoms with van der Waals surface area (Å²) < 4.78 is 1.61. The summed E-state index contributed by atoms with van der Waals surface area (Å²) in [6.07, 6.45) is 14.8. The Balaban J connectivity index is 2.78. The Bertz CT molecular complexity index is 79.2. The topological polar surface area (TPSA) is 0 Å². The van der Waals surface area contributed by atoms with Crippen LogP contribution in [-0.4, -0.2) is 21.1 Å². The Kier molecular flexibility index (Phi) is 14.6. The molecule has 0 unspecified atom stereocenters. The van der Waals surface area contributed by atoms with Gasteiger partial charge in [0.1, 0.15) is 0 Å². The van der Waals surface area contributed by atoms with E-state index in [0.29, 0.717) is 0 Å². The molecule has 0 N–H and O–H groups in total. The van der Waals surface area contributed by atoms with E-state index >= 15 is 0 Å². The summed E-state index contributed by atoms with van der Waals surface area (Å²) in [5.41, 5.74) is 0. The zero-order chi connectivity index (χ0) is 10.5. The van der Waals surface area contributed by atoms with Crippen LogP contribution in [0.2, 0.25) is 9.38 Å². The van der Waals surface area contributed by atoms with E-state index in [9.17, 15) is 0 Å². The molecule has 0 aromatic heterocycles. The average molecular weight is 303 g/mol. The predicted octanol–water partition coefficient (Wildman–Crippen LogP) is 5.08. The van der Waals surface area contributed by atoms with Gasteiger partial charge in [-0.2, -0.15) is 0 Å². The van der Waals surface area contributed by atoms with Crippen molar-refractivity contribution >= 4 is 21.1 Å². The molecule has 0 heterocycles. The normalized spacial score (nSPS) is 10.7. The van der Waals surface area contributed by atoms with Crippen LogP contribution in [0.25, 0.3) is 0 Å². The molecule has 0 aromatic rings. The number of hydrogen-bond donors (Lipinski definition) is 0. The van der Waals surface area contributed by atoms with Crippen LogP contribution >= 0.6 is 0 Å². The van der Waals surface area contributed by atoms with Gasteiger partial charge in [-0.25, -0.2) is 0 Å². The molecule has 84 valence electrons. The van der Waals surface area contributed by atoms with E-state index in [1.807, 2.05) is 0 Å². The van der Waals surface area contributed by atoms with Crippen LogP contribution in [0.15, 0.2) is 0 Å². The fourth-order valence-corrected chi connectivity index (χ4v) is 3.51. The van der Waals surface area contributed by atoms with Gasteiger partial charge in [-0.3, -0.25) is 0 Å². The van der Waals surface area contributed by atoms with Gasteiger partial charge in [0.05, 0.1) is 0 Å². The first-order valence-electron chi connectivity index (χ1n) is 6.56. The summed E-state index contributed by atoms with van der Waals surface area (Å²) in [6, 6.07) is 0. The van der Waals surface area contributed by atoms with Gasteiger partial charge in [0.25, 0.3) is 0 Å². The molecule has 0 aliphatic rings. The number of unbranched alkanes of at least 4 members (excludes halogenated alkanes) is 9. The van der Waals surface area contributed by atoms with Crippen molar-refractivity contribution in [1.29, 1.82) is 0 Å². The molecule has 0 aliphatic heterocycles. The fraction of sp³-hybridized carbons (Fsp3) is 1.00. The molecule has 0 rings (SSSR count). The van der Waals surface area contributed by atoms with Crippen molar-refractivity contribution in [2.24, 2.45) is 0 Å². The second kappa shape index (κ2) is 13.8. The van der Waals surface area contributed by atoms with Crippen LogP contribution in [0, 0.1) is 0 Å². The fourth-order valence-electron chi connectivity index (χ4n) is 1.79. The summed E-state index contributed by atoms with van der Waals surface area (Å²) in [6.45, 7) is 2.29. The van der Waals surface area contributed by atoms with Crippen LogP contribution in [0.1, 0.15) is 71.1 Å². The molecular weight excluding hydrogens is 275 g/mol. The summed E-state index contributed by atoms with van der Waals surface area (Å²) in [7, 11) is 0. The molecule has 0 aliphatic carbocycles. The maximum atomic E-state index is 2.46. The zero-order valence-corrected chi connectivity index (χ0v) is 13.1. The van der Waals surface area contributed by atoms with Crippen molar-refractivity contribution in [3.8, 4) is 0 Å². The standard InChI is InChI=1S/C12H25.CH3.Sn/c1-3-5-7-9-11-12-10-8-6-4-2;;/h1,3-12H2,2H3;1H3;. The van der Waals surface area contributed by atoms with E-state index in [1.165, 1.54) is 57.8 Å². The number of rotatable bonds is 11. The van der Waals surface area contributed by atoms with E-state index in [1.54, 1.807) is 10.9 Å². The Labute approximate surface area is 101 Å². The predicted molar refractivity (Wildman–Crippen MR) is 68.3 cm³/mol. The molecular formula is C13H28Sn. The SMILES string of the molecule is CCCCCCCCCCC[CH2][Sn][CH3]. The van der Waals surface area contributed by atoms with Gasteiger partial charge in [-0.1, -0.05) is 0 Å². The summed E-state index contributed by atoms with van der Waals surface area (Å²) >= 11 is 0.134. The third kappa shape index (κ3) is 12.8. The molecule has 0 amide bonds. The Morgan fingerprint density at radius 2 is 1.07 bits per heavy atom. The molecule has 14 heavy (non-hydrogen) atoms. The molecule has 0 nitrogen and oxygen atoms in total.